The number of hydrogen-bond donors (Lipinski definition) is 0. The molecule has 4 rings (SSSR count). The van der Waals surface area contributed by atoms with Gasteiger partial charge in [-0.1, -0.05) is 23.7 Å². The number of halogens is 2. The summed E-state index contributed by atoms with van der Waals surface area (Å²) in [4.78, 5) is 4.39. The molecule has 152 valence electrons. The summed E-state index contributed by atoms with van der Waals surface area (Å²) < 4.78 is 18.7. The van der Waals surface area contributed by atoms with Crippen LogP contribution in [0.4, 0.5) is 10.1 Å². The molecular formula is C21H23ClFN5S. The summed E-state index contributed by atoms with van der Waals surface area (Å²) in [5.74, 6) is 0.677. The fourth-order valence-electron chi connectivity index (χ4n) is 3.66. The molecule has 0 N–H and O–H groups in total. The van der Waals surface area contributed by atoms with Crippen molar-refractivity contribution in [2.24, 2.45) is 0 Å². The molecule has 1 aromatic heterocycles. The molecule has 1 saturated heterocycles. The lowest BCUT2D eigenvalue weighted by Gasteiger charge is -2.35. The molecule has 5 nitrogen and oxygen atoms in total. The number of hydrogen-bond acceptors (Lipinski definition) is 4. The van der Waals surface area contributed by atoms with Crippen LogP contribution in [0.15, 0.2) is 48.5 Å². The molecule has 2 aromatic carbocycles. The highest BCUT2D eigenvalue weighted by Crippen LogP contribution is 2.22. The minimum atomic E-state index is -0.169. The largest absolute Gasteiger partial charge is 0.367 e. The normalized spacial score (nSPS) is 15.1. The van der Waals surface area contributed by atoms with Gasteiger partial charge in [0.1, 0.15) is 5.82 Å². The van der Waals surface area contributed by atoms with Crippen molar-refractivity contribution >= 4 is 29.5 Å². The fraction of sp³-hybridized carbons (Fsp3) is 0.333. The Morgan fingerprint density at radius 3 is 2.38 bits per heavy atom. The van der Waals surface area contributed by atoms with Crippen LogP contribution >= 0.6 is 23.8 Å². The molecule has 3 aromatic rings. The molecule has 0 radical (unpaired) electrons. The van der Waals surface area contributed by atoms with E-state index in [-0.39, 0.29) is 5.82 Å². The molecule has 0 atom stereocenters. The van der Waals surface area contributed by atoms with Crippen molar-refractivity contribution in [1.29, 1.82) is 0 Å². The highest BCUT2D eigenvalue weighted by molar-refractivity contribution is 7.71. The monoisotopic (exact) mass is 431 g/mol. The van der Waals surface area contributed by atoms with Gasteiger partial charge in [-0.2, -0.15) is 5.10 Å². The molecule has 0 unspecified atom stereocenters. The lowest BCUT2D eigenvalue weighted by molar-refractivity contribution is 0.194. The molecule has 1 aliphatic rings. The molecule has 8 heteroatoms. The Labute approximate surface area is 179 Å². The van der Waals surface area contributed by atoms with E-state index in [1.54, 1.807) is 6.07 Å². The number of piperazine rings is 1. The van der Waals surface area contributed by atoms with E-state index in [4.69, 9.17) is 28.9 Å². The van der Waals surface area contributed by atoms with Gasteiger partial charge in [0.25, 0.3) is 0 Å². The van der Waals surface area contributed by atoms with E-state index in [1.807, 2.05) is 45.6 Å². The van der Waals surface area contributed by atoms with Gasteiger partial charge in [-0.15, -0.1) is 0 Å². The third-order valence-corrected chi connectivity index (χ3v) is 5.92. The fourth-order valence-corrected chi connectivity index (χ4v) is 4.10. The van der Waals surface area contributed by atoms with Gasteiger partial charge in [0.2, 0.25) is 0 Å². The first kappa shape index (κ1) is 20.1. The SMILES string of the molecule is CCn1c(-c2ccc(Cl)cc2)nn(CN2CCN(c3ccccc3F)CC2)c1=S. The number of nitrogens with zero attached hydrogens (tertiary/aromatic N) is 5. The zero-order valence-electron chi connectivity index (χ0n) is 16.3. The van der Waals surface area contributed by atoms with Crippen LogP contribution in [-0.2, 0) is 13.2 Å². The Bertz CT molecular complexity index is 1040. The molecule has 1 fully saturated rings. The average Bonchev–Trinajstić information content (AvgIpc) is 3.05. The Hall–Kier alpha value is -2.22. The van der Waals surface area contributed by atoms with Crippen molar-refractivity contribution in [2.75, 3.05) is 31.1 Å². The second-order valence-electron chi connectivity index (χ2n) is 7.05. The van der Waals surface area contributed by atoms with Crippen LogP contribution in [0.1, 0.15) is 6.92 Å². The van der Waals surface area contributed by atoms with Crippen LogP contribution in [0.2, 0.25) is 5.02 Å². The van der Waals surface area contributed by atoms with E-state index in [1.165, 1.54) is 6.07 Å². The van der Waals surface area contributed by atoms with E-state index in [0.717, 1.165) is 44.1 Å². The van der Waals surface area contributed by atoms with Gasteiger partial charge in [-0.05, 0) is 55.5 Å². The summed E-state index contributed by atoms with van der Waals surface area (Å²) in [6.07, 6.45) is 0. The quantitative estimate of drug-likeness (QED) is 0.549. The molecule has 2 heterocycles. The standard InChI is InChI=1S/C21H23ClFN5S/c1-2-27-20(16-7-9-17(22)10-8-16)24-28(21(27)29)15-25-11-13-26(14-12-25)19-6-4-3-5-18(19)23/h3-10H,2,11-15H2,1H3. The van der Waals surface area contributed by atoms with Crippen molar-refractivity contribution in [3.63, 3.8) is 0 Å². The summed E-state index contributed by atoms with van der Waals surface area (Å²) in [7, 11) is 0. The van der Waals surface area contributed by atoms with E-state index < -0.39 is 0 Å². The maximum Gasteiger partial charge on any atom is 0.199 e. The second kappa shape index (κ2) is 8.65. The molecule has 29 heavy (non-hydrogen) atoms. The summed E-state index contributed by atoms with van der Waals surface area (Å²) in [5.41, 5.74) is 1.66. The van der Waals surface area contributed by atoms with Gasteiger partial charge < -0.3 is 9.47 Å². The highest BCUT2D eigenvalue weighted by atomic mass is 35.5. The first-order valence-corrected chi connectivity index (χ1v) is 10.5. The number of benzene rings is 2. The predicted molar refractivity (Wildman–Crippen MR) is 117 cm³/mol. The van der Waals surface area contributed by atoms with Crippen molar-refractivity contribution in [3.05, 3.63) is 64.1 Å². The Kier molecular flexibility index (Phi) is 5.99. The summed E-state index contributed by atoms with van der Waals surface area (Å²) in [5, 5.41) is 5.48. The third kappa shape index (κ3) is 4.22. The lowest BCUT2D eigenvalue weighted by atomic mass is 10.2. The van der Waals surface area contributed by atoms with Crippen molar-refractivity contribution < 1.29 is 4.39 Å². The van der Waals surface area contributed by atoms with Gasteiger partial charge in [-0.3, -0.25) is 4.90 Å². The highest BCUT2D eigenvalue weighted by Gasteiger charge is 2.21. The minimum absolute atomic E-state index is 0.169. The van der Waals surface area contributed by atoms with Crippen LogP contribution in [0.5, 0.6) is 0 Å². The Balaban J connectivity index is 1.48. The molecular weight excluding hydrogens is 409 g/mol. The van der Waals surface area contributed by atoms with Gasteiger partial charge in [-0.25, -0.2) is 9.07 Å². The number of anilines is 1. The summed E-state index contributed by atoms with van der Waals surface area (Å²) in [6, 6.07) is 14.6. The van der Waals surface area contributed by atoms with Crippen molar-refractivity contribution in [1.82, 2.24) is 19.2 Å². The van der Waals surface area contributed by atoms with Crippen LogP contribution in [0, 0.1) is 10.6 Å². The van der Waals surface area contributed by atoms with Crippen molar-refractivity contribution in [3.8, 4) is 11.4 Å². The van der Waals surface area contributed by atoms with Gasteiger partial charge >= 0.3 is 0 Å². The molecule has 1 aliphatic heterocycles. The topological polar surface area (TPSA) is 29.2 Å². The third-order valence-electron chi connectivity index (χ3n) is 5.24. The first-order chi connectivity index (χ1) is 14.1. The average molecular weight is 432 g/mol. The molecule has 0 spiro atoms. The molecule has 0 saturated carbocycles. The van der Waals surface area contributed by atoms with Crippen LogP contribution < -0.4 is 4.90 Å². The lowest BCUT2D eigenvalue weighted by Crippen LogP contribution is -2.47. The zero-order chi connectivity index (χ0) is 20.4. The smallest absolute Gasteiger partial charge is 0.199 e. The van der Waals surface area contributed by atoms with Gasteiger partial charge in [0, 0.05) is 43.3 Å². The van der Waals surface area contributed by atoms with E-state index in [2.05, 4.69) is 16.7 Å². The van der Waals surface area contributed by atoms with Gasteiger partial charge in [0.15, 0.2) is 10.6 Å². The van der Waals surface area contributed by atoms with E-state index >= 15 is 0 Å². The van der Waals surface area contributed by atoms with Crippen LogP contribution in [0.3, 0.4) is 0 Å². The minimum Gasteiger partial charge on any atom is -0.367 e. The number of para-hydroxylation sites is 1. The number of aromatic nitrogens is 3. The first-order valence-electron chi connectivity index (χ1n) is 9.72. The van der Waals surface area contributed by atoms with E-state index in [9.17, 15) is 4.39 Å². The maximum atomic E-state index is 14.0. The molecule has 0 aliphatic carbocycles. The zero-order valence-corrected chi connectivity index (χ0v) is 17.8. The summed E-state index contributed by atoms with van der Waals surface area (Å²) >= 11 is 11.7. The van der Waals surface area contributed by atoms with Crippen LogP contribution in [-0.4, -0.2) is 45.4 Å². The molecule has 0 bridgehead atoms. The van der Waals surface area contributed by atoms with E-state index in [0.29, 0.717) is 22.1 Å². The van der Waals surface area contributed by atoms with Gasteiger partial charge in [0.05, 0.1) is 12.4 Å². The summed E-state index contributed by atoms with van der Waals surface area (Å²) in [6.45, 7) is 6.63. The van der Waals surface area contributed by atoms with Crippen LogP contribution in [0.25, 0.3) is 11.4 Å². The predicted octanol–water partition coefficient (Wildman–Crippen LogP) is 4.67. The Morgan fingerprint density at radius 2 is 1.72 bits per heavy atom. The van der Waals surface area contributed by atoms with Crippen molar-refractivity contribution in [2.45, 2.75) is 20.1 Å². The molecule has 0 amide bonds. The Morgan fingerprint density at radius 1 is 1.03 bits per heavy atom. The second-order valence-corrected chi connectivity index (χ2v) is 7.86. The maximum absolute atomic E-state index is 14.0. The number of rotatable bonds is 5.